The van der Waals surface area contributed by atoms with E-state index in [0.717, 1.165) is 11.8 Å². The molecule has 3 rings (SSSR count). The van der Waals surface area contributed by atoms with Gasteiger partial charge in [0, 0.05) is 6.04 Å². The molecule has 0 spiro atoms. The first-order chi connectivity index (χ1) is 9.63. The normalized spacial score (nSPS) is 31.6. The zero-order valence-corrected chi connectivity index (χ0v) is 13.1. The van der Waals surface area contributed by atoms with Crippen LogP contribution in [0.1, 0.15) is 67.7 Å². The van der Waals surface area contributed by atoms with Crippen molar-refractivity contribution in [3.63, 3.8) is 0 Å². The molecule has 0 saturated heterocycles. The van der Waals surface area contributed by atoms with E-state index >= 15 is 0 Å². The van der Waals surface area contributed by atoms with Crippen molar-refractivity contribution in [1.29, 1.82) is 0 Å². The van der Waals surface area contributed by atoms with Gasteiger partial charge in [-0.15, -0.1) is 0 Å². The maximum atomic E-state index is 6.63. The zero-order valence-electron chi connectivity index (χ0n) is 13.1. The molecule has 2 aliphatic carbocycles. The van der Waals surface area contributed by atoms with Crippen molar-refractivity contribution in [2.45, 2.75) is 64.8 Å². The Bertz CT molecular complexity index is 445. The Kier molecular flexibility index (Phi) is 4.16. The fourth-order valence-corrected chi connectivity index (χ4v) is 4.71. The minimum Gasteiger partial charge on any atom is -0.324 e. The highest BCUT2D eigenvalue weighted by Crippen LogP contribution is 2.45. The molecular formula is C19H29N. The van der Waals surface area contributed by atoms with Crippen molar-refractivity contribution in [2.75, 3.05) is 0 Å². The van der Waals surface area contributed by atoms with Crippen molar-refractivity contribution < 1.29 is 0 Å². The lowest BCUT2D eigenvalue weighted by Gasteiger charge is -2.41. The summed E-state index contributed by atoms with van der Waals surface area (Å²) in [5.74, 6) is 2.70. The quantitative estimate of drug-likeness (QED) is 0.812. The number of fused-ring (bicyclic) bond motifs is 1. The summed E-state index contributed by atoms with van der Waals surface area (Å²) >= 11 is 0. The Balaban J connectivity index is 1.72. The van der Waals surface area contributed by atoms with Gasteiger partial charge >= 0.3 is 0 Å². The third kappa shape index (κ3) is 2.93. The molecule has 2 saturated carbocycles. The first-order valence-electron chi connectivity index (χ1n) is 8.47. The van der Waals surface area contributed by atoms with Gasteiger partial charge in [0.25, 0.3) is 0 Å². The van der Waals surface area contributed by atoms with E-state index in [1.165, 1.54) is 61.6 Å². The smallest absolute Gasteiger partial charge is 0.0323 e. The van der Waals surface area contributed by atoms with Crippen LogP contribution >= 0.6 is 0 Å². The fourth-order valence-electron chi connectivity index (χ4n) is 4.71. The number of hydrogen-bond donors (Lipinski definition) is 1. The van der Waals surface area contributed by atoms with E-state index in [9.17, 15) is 0 Å². The standard InChI is InChI=1S/C19H29N/c1-13-9-14(2)11-18(10-13)19(20)17-8-7-15-5-3-4-6-16(15)12-17/h9-11,15-17,19H,3-8,12,20H2,1-2H3. The van der Waals surface area contributed by atoms with Crippen LogP contribution < -0.4 is 5.73 Å². The van der Waals surface area contributed by atoms with Crippen LogP contribution in [-0.4, -0.2) is 0 Å². The number of rotatable bonds is 2. The van der Waals surface area contributed by atoms with Gasteiger partial charge in [-0.1, -0.05) is 55.0 Å². The van der Waals surface area contributed by atoms with Gasteiger partial charge in [0.15, 0.2) is 0 Å². The molecule has 4 atom stereocenters. The zero-order chi connectivity index (χ0) is 14.1. The summed E-state index contributed by atoms with van der Waals surface area (Å²) in [5.41, 5.74) is 10.7. The first-order valence-corrected chi connectivity index (χ1v) is 8.47. The SMILES string of the molecule is Cc1cc(C)cc(C(N)C2CCC3CCCCC3C2)c1. The second kappa shape index (κ2) is 5.89. The summed E-state index contributed by atoms with van der Waals surface area (Å²) < 4.78 is 0. The van der Waals surface area contributed by atoms with Gasteiger partial charge in [-0.25, -0.2) is 0 Å². The summed E-state index contributed by atoms with van der Waals surface area (Å²) in [5, 5.41) is 0. The molecule has 4 unspecified atom stereocenters. The summed E-state index contributed by atoms with van der Waals surface area (Å²) in [6.07, 6.45) is 10.0. The number of hydrogen-bond acceptors (Lipinski definition) is 1. The largest absolute Gasteiger partial charge is 0.324 e. The summed E-state index contributed by atoms with van der Waals surface area (Å²) in [7, 11) is 0. The Labute approximate surface area is 124 Å². The third-order valence-electron chi connectivity index (χ3n) is 5.72. The first kappa shape index (κ1) is 14.1. The van der Waals surface area contributed by atoms with Crippen LogP contribution in [0.15, 0.2) is 18.2 Å². The number of nitrogens with two attached hydrogens (primary N) is 1. The molecule has 0 bridgehead atoms. The molecule has 1 heteroatoms. The van der Waals surface area contributed by atoms with Crippen molar-refractivity contribution in [3.05, 3.63) is 34.9 Å². The van der Waals surface area contributed by atoms with Gasteiger partial charge in [-0.05, 0) is 56.4 Å². The van der Waals surface area contributed by atoms with E-state index in [2.05, 4.69) is 32.0 Å². The molecule has 0 aromatic heterocycles. The lowest BCUT2D eigenvalue weighted by atomic mass is 9.65. The van der Waals surface area contributed by atoms with Gasteiger partial charge in [0.2, 0.25) is 0 Å². The molecule has 0 aliphatic heterocycles. The molecule has 2 fully saturated rings. The summed E-state index contributed by atoms with van der Waals surface area (Å²) in [4.78, 5) is 0. The Morgan fingerprint density at radius 1 is 0.900 bits per heavy atom. The number of benzene rings is 1. The molecule has 0 heterocycles. The average Bonchev–Trinajstić information content (AvgIpc) is 2.45. The highest BCUT2D eigenvalue weighted by molar-refractivity contribution is 5.31. The summed E-state index contributed by atoms with van der Waals surface area (Å²) in [6.45, 7) is 4.36. The lowest BCUT2D eigenvalue weighted by Crippen LogP contribution is -2.33. The van der Waals surface area contributed by atoms with E-state index < -0.39 is 0 Å². The van der Waals surface area contributed by atoms with Crippen molar-refractivity contribution in [3.8, 4) is 0 Å². The van der Waals surface area contributed by atoms with Crippen LogP contribution in [-0.2, 0) is 0 Å². The molecule has 0 amide bonds. The Morgan fingerprint density at radius 3 is 2.25 bits per heavy atom. The molecule has 2 N–H and O–H groups in total. The molecular weight excluding hydrogens is 242 g/mol. The predicted octanol–water partition coefficient (Wildman–Crippen LogP) is 4.91. The topological polar surface area (TPSA) is 26.0 Å². The van der Waals surface area contributed by atoms with Crippen molar-refractivity contribution in [2.24, 2.45) is 23.5 Å². The van der Waals surface area contributed by atoms with Gasteiger partial charge in [0.05, 0.1) is 0 Å². The average molecular weight is 271 g/mol. The van der Waals surface area contributed by atoms with E-state index in [4.69, 9.17) is 5.73 Å². The highest BCUT2D eigenvalue weighted by Gasteiger charge is 2.34. The van der Waals surface area contributed by atoms with Crippen LogP contribution in [0.2, 0.25) is 0 Å². The maximum Gasteiger partial charge on any atom is 0.0323 e. The molecule has 1 aromatic rings. The van der Waals surface area contributed by atoms with E-state index in [-0.39, 0.29) is 6.04 Å². The van der Waals surface area contributed by atoms with Crippen LogP contribution in [0.4, 0.5) is 0 Å². The maximum absolute atomic E-state index is 6.63. The van der Waals surface area contributed by atoms with Crippen LogP contribution in [0.25, 0.3) is 0 Å². The minimum atomic E-state index is 0.247. The lowest BCUT2D eigenvalue weighted by molar-refractivity contribution is 0.117. The molecule has 2 aliphatic rings. The monoisotopic (exact) mass is 271 g/mol. The Hall–Kier alpha value is -0.820. The fraction of sp³-hybridized carbons (Fsp3) is 0.684. The van der Waals surface area contributed by atoms with Crippen molar-refractivity contribution >= 4 is 0 Å². The van der Waals surface area contributed by atoms with Crippen molar-refractivity contribution in [1.82, 2.24) is 0 Å². The molecule has 0 radical (unpaired) electrons. The van der Waals surface area contributed by atoms with Crippen LogP contribution in [0.5, 0.6) is 0 Å². The van der Waals surface area contributed by atoms with Gasteiger partial charge in [-0.2, -0.15) is 0 Å². The van der Waals surface area contributed by atoms with E-state index in [1.54, 1.807) is 0 Å². The third-order valence-corrected chi connectivity index (χ3v) is 5.72. The molecule has 1 aromatic carbocycles. The molecule has 1 nitrogen and oxygen atoms in total. The van der Waals surface area contributed by atoms with Crippen LogP contribution in [0.3, 0.4) is 0 Å². The minimum absolute atomic E-state index is 0.247. The molecule has 20 heavy (non-hydrogen) atoms. The van der Waals surface area contributed by atoms with Crippen LogP contribution in [0, 0.1) is 31.6 Å². The van der Waals surface area contributed by atoms with E-state index in [1.807, 2.05) is 0 Å². The van der Waals surface area contributed by atoms with Gasteiger partial charge < -0.3 is 5.73 Å². The molecule has 110 valence electrons. The van der Waals surface area contributed by atoms with Gasteiger partial charge in [0.1, 0.15) is 0 Å². The second-order valence-electron chi connectivity index (χ2n) is 7.32. The van der Waals surface area contributed by atoms with Gasteiger partial charge in [-0.3, -0.25) is 0 Å². The summed E-state index contributed by atoms with van der Waals surface area (Å²) in [6, 6.07) is 7.08. The Morgan fingerprint density at radius 2 is 1.55 bits per heavy atom. The number of aryl methyl sites for hydroxylation is 2. The predicted molar refractivity (Wildman–Crippen MR) is 85.6 cm³/mol. The van der Waals surface area contributed by atoms with E-state index in [0.29, 0.717) is 5.92 Å². The second-order valence-corrected chi connectivity index (χ2v) is 7.32. The highest BCUT2D eigenvalue weighted by atomic mass is 14.7.